The summed E-state index contributed by atoms with van der Waals surface area (Å²) in [7, 11) is 0. The quantitative estimate of drug-likeness (QED) is 0.289. The van der Waals surface area contributed by atoms with Crippen molar-refractivity contribution in [2.75, 3.05) is 13.2 Å². The molecule has 10 nitrogen and oxygen atoms in total. The molecule has 4 rings (SSSR count). The lowest BCUT2D eigenvalue weighted by Gasteiger charge is -2.34. The van der Waals surface area contributed by atoms with E-state index in [9.17, 15) is 14.7 Å². The molecule has 226 valence electrons. The Bertz CT molecular complexity index is 1450. The molecule has 0 fully saturated rings. The van der Waals surface area contributed by atoms with Gasteiger partial charge in [0.2, 0.25) is 0 Å². The van der Waals surface area contributed by atoms with Crippen molar-refractivity contribution in [2.45, 2.75) is 90.6 Å². The standard InChI is InChI=1S/C32H43N5O5/c1-31(2,3)41-29(39)27(33)22(20-38)16-18-36(25-15-9-11-21-12-10-17-34-28(21)25)19-26-35-23-13-7-8-14-24(23)37(26)30(40)42-32(4,5)6/h7-8,10,12-14,16-17,25,27,38H,9,11,15,18-20,33H2,1-6H3/b22-16-. The predicted octanol–water partition coefficient (Wildman–Crippen LogP) is 4.68. The van der Waals surface area contributed by atoms with Crippen LogP contribution in [0.3, 0.4) is 0 Å². The minimum atomic E-state index is -1.11. The molecule has 0 amide bonds. The first-order valence-corrected chi connectivity index (χ1v) is 14.4. The Hall–Kier alpha value is -3.60. The lowest BCUT2D eigenvalue weighted by atomic mass is 9.90. The number of aliphatic hydroxyl groups is 1. The van der Waals surface area contributed by atoms with E-state index in [0.717, 1.165) is 25.0 Å². The van der Waals surface area contributed by atoms with E-state index < -0.39 is 35.9 Å². The average molecular weight is 578 g/mol. The molecule has 42 heavy (non-hydrogen) atoms. The van der Waals surface area contributed by atoms with E-state index in [4.69, 9.17) is 25.2 Å². The van der Waals surface area contributed by atoms with Crippen LogP contribution in [0.25, 0.3) is 11.0 Å². The monoisotopic (exact) mass is 577 g/mol. The lowest BCUT2D eigenvalue weighted by molar-refractivity contribution is -0.155. The summed E-state index contributed by atoms with van der Waals surface area (Å²) < 4.78 is 12.8. The largest absolute Gasteiger partial charge is 0.459 e. The highest BCUT2D eigenvalue weighted by Crippen LogP contribution is 2.34. The van der Waals surface area contributed by atoms with Crippen molar-refractivity contribution in [1.82, 2.24) is 19.4 Å². The predicted molar refractivity (Wildman–Crippen MR) is 161 cm³/mol. The number of aromatic nitrogens is 3. The number of aliphatic hydroxyl groups excluding tert-OH is 1. The Labute approximate surface area is 247 Å². The van der Waals surface area contributed by atoms with Crippen molar-refractivity contribution in [2.24, 2.45) is 5.73 Å². The number of carbonyl (C=O) groups is 2. The average Bonchev–Trinajstić information content (AvgIpc) is 3.28. The van der Waals surface area contributed by atoms with Crippen LogP contribution in [0.4, 0.5) is 4.79 Å². The van der Waals surface area contributed by atoms with E-state index >= 15 is 0 Å². The van der Waals surface area contributed by atoms with Crippen molar-refractivity contribution in [3.63, 3.8) is 0 Å². The maximum absolute atomic E-state index is 13.5. The maximum Gasteiger partial charge on any atom is 0.420 e. The van der Waals surface area contributed by atoms with Gasteiger partial charge >= 0.3 is 12.1 Å². The van der Waals surface area contributed by atoms with Crippen LogP contribution in [0.2, 0.25) is 0 Å². The molecule has 0 radical (unpaired) electrons. The van der Waals surface area contributed by atoms with E-state index in [1.165, 1.54) is 10.1 Å². The summed E-state index contributed by atoms with van der Waals surface area (Å²) in [6.45, 7) is 11.0. The smallest absolute Gasteiger partial charge is 0.420 e. The highest BCUT2D eigenvalue weighted by Gasteiger charge is 2.31. The Morgan fingerprint density at radius 1 is 1.12 bits per heavy atom. The van der Waals surface area contributed by atoms with Gasteiger partial charge in [-0.2, -0.15) is 0 Å². The number of aryl methyl sites for hydroxylation is 1. The van der Waals surface area contributed by atoms with Gasteiger partial charge in [-0.15, -0.1) is 0 Å². The summed E-state index contributed by atoms with van der Waals surface area (Å²) in [5.41, 5.74) is 8.67. The first kappa shape index (κ1) is 31.3. The zero-order chi connectivity index (χ0) is 30.7. The molecule has 2 heterocycles. The van der Waals surface area contributed by atoms with Crippen LogP contribution in [0.5, 0.6) is 0 Å². The van der Waals surface area contributed by atoms with Gasteiger partial charge in [0.15, 0.2) is 0 Å². The van der Waals surface area contributed by atoms with Gasteiger partial charge in [0.05, 0.1) is 35.9 Å². The summed E-state index contributed by atoms with van der Waals surface area (Å²) in [6.07, 6.45) is 5.80. The fraction of sp³-hybridized carbons (Fsp3) is 0.500. The molecule has 2 aromatic heterocycles. The van der Waals surface area contributed by atoms with Crippen LogP contribution in [-0.4, -0.2) is 67.0 Å². The second-order valence-electron chi connectivity index (χ2n) is 12.7. The van der Waals surface area contributed by atoms with Crippen LogP contribution in [0.15, 0.2) is 54.2 Å². The van der Waals surface area contributed by atoms with Gasteiger partial charge in [0.1, 0.15) is 23.1 Å². The number of nitrogens with two attached hydrogens (primary N) is 1. The Morgan fingerprint density at radius 3 is 2.52 bits per heavy atom. The first-order valence-electron chi connectivity index (χ1n) is 14.4. The minimum Gasteiger partial charge on any atom is -0.459 e. The number of nitrogens with zero attached hydrogens (tertiary/aromatic N) is 4. The SMILES string of the molecule is CC(C)(C)OC(=O)C(N)/C(=C\CN(Cc1nc2ccccc2n1C(=O)OC(C)(C)C)C1CCCc2cccnc21)CO. The molecule has 10 heteroatoms. The van der Waals surface area contributed by atoms with E-state index in [-0.39, 0.29) is 12.6 Å². The summed E-state index contributed by atoms with van der Waals surface area (Å²) in [6, 6.07) is 10.3. The van der Waals surface area contributed by atoms with Gasteiger partial charge in [0, 0.05) is 12.7 Å². The summed E-state index contributed by atoms with van der Waals surface area (Å²) in [5.74, 6) is -0.0883. The van der Waals surface area contributed by atoms with Crippen LogP contribution < -0.4 is 5.73 Å². The van der Waals surface area contributed by atoms with Crippen LogP contribution in [0, 0.1) is 0 Å². The third-order valence-corrected chi connectivity index (χ3v) is 6.99. The topological polar surface area (TPSA) is 133 Å². The molecule has 0 saturated heterocycles. The Morgan fingerprint density at radius 2 is 1.83 bits per heavy atom. The Balaban J connectivity index is 1.74. The van der Waals surface area contributed by atoms with Crippen molar-refractivity contribution in [3.8, 4) is 0 Å². The number of esters is 1. The fourth-order valence-electron chi connectivity index (χ4n) is 5.16. The number of carbonyl (C=O) groups excluding carboxylic acids is 2. The molecule has 0 saturated carbocycles. The molecular formula is C32H43N5O5. The number of pyridine rings is 1. The zero-order valence-corrected chi connectivity index (χ0v) is 25.5. The van der Waals surface area contributed by atoms with Gasteiger partial charge in [-0.25, -0.2) is 19.1 Å². The minimum absolute atomic E-state index is 0.0872. The highest BCUT2D eigenvalue weighted by molar-refractivity contribution is 5.87. The van der Waals surface area contributed by atoms with Crippen molar-refractivity contribution in [3.05, 3.63) is 71.3 Å². The van der Waals surface area contributed by atoms with Crippen molar-refractivity contribution >= 4 is 23.1 Å². The van der Waals surface area contributed by atoms with Crippen molar-refractivity contribution in [1.29, 1.82) is 0 Å². The number of benzene rings is 1. The number of hydrogen-bond acceptors (Lipinski definition) is 9. The number of para-hydroxylation sites is 2. The van der Waals surface area contributed by atoms with E-state index in [0.29, 0.717) is 29.0 Å². The zero-order valence-electron chi connectivity index (χ0n) is 25.5. The maximum atomic E-state index is 13.5. The third-order valence-electron chi connectivity index (χ3n) is 6.99. The Kier molecular flexibility index (Phi) is 9.50. The summed E-state index contributed by atoms with van der Waals surface area (Å²) >= 11 is 0. The van der Waals surface area contributed by atoms with Gasteiger partial charge in [0.25, 0.3) is 0 Å². The molecule has 1 aliphatic carbocycles. The molecule has 2 unspecified atom stereocenters. The molecular weight excluding hydrogens is 534 g/mol. The van der Waals surface area contributed by atoms with Crippen LogP contribution >= 0.6 is 0 Å². The normalized spacial score (nSPS) is 16.8. The molecule has 1 aliphatic rings. The summed E-state index contributed by atoms with van der Waals surface area (Å²) in [4.78, 5) is 37.9. The molecule has 2 atom stereocenters. The second-order valence-corrected chi connectivity index (χ2v) is 12.7. The van der Waals surface area contributed by atoms with Gasteiger partial charge in [-0.1, -0.05) is 24.3 Å². The highest BCUT2D eigenvalue weighted by atomic mass is 16.6. The second kappa shape index (κ2) is 12.7. The lowest BCUT2D eigenvalue weighted by Crippen LogP contribution is -2.40. The van der Waals surface area contributed by atoms with E-state index in [2.05, 4.69) is 11.0 Å². The molecule has 3 N–H and O–H groups in total. The van der Waals surface area contributed by atoms with Crippen LogP contribution in [-0.2, 0) is 27.2 Å². The van der Waals surface area contributed by atoms with Gasteiger partial charge in [-0.05, 0) is 90.1 Å². The first-order chi connectivity index (χ1) is 19.8. The number of ether oxygens (including phenoxy) is 2. The number of rotatable bonds is 8. The van der Waals surface area contributed by atoms with Crippen molar-refractivity contribution < 1.29 is 24.2 Å². The summed E-state index contributed by atoms with van der Waals surface area (Å²) in [5, 5.41) is 10.2. The molecule has 0 aliphatic heterocycles. The fourth-order valence-corrected chi connectivity index (χ4v) is 5.16. The number of imidazole rings is 1. The number of fused-ring (bicyclic) bond motifs is 2. The van der Waals surface area contributed by atoms with Gasteiger partial charge in [-0.3, -0.25) is 9.88 Å². The number of hydrogen-bond donors (Lipinski definition) is 2. The molecule has 3 aromatic rings. The third kappa shape index (κ3) is 7.61. The molecule has 1 aromatic carbocycles. The van der Waals surface area contributed by atoms with Gasteiger partial charge < -0.3 is 20.3 Å². The van der Waals surface area contributed by atoms with E-state index in [1.807, 2.05) is 51.1 Å². The molecule has 0 bridgehead atoms. The van der Waals surface area contributed by atoms with E-state index in [1.54, 1.807) is 33.0 Å². The molecule has 0 spiro atoms. The van der Waals surface area contributed by atoms with Crippen LogP contribution in [0.1, 0.15) is 77.5 Å².